The molecule has 0 atom stereocenters. The van der Waals surface area contributed by atoms with Crippen LogP contribution < -0.4 is 10.5 Å². The summed E-state index contributed by atoms with van der Waals surface area (Å²) in [6.07, 6.45) is -5.82. The van der Waals surface area contributed by atoms with Gasteiger partial charge in [-0.25, -0.2) is 9.37 Å². The first kappa shape index (κ1) is 14.0. The lowest BCUT2D eigenvalue weighted by molar-refractivity contribution is -0.276. The maximum absolute atomic E-state index is 12.4. The number of anilines is 1. The number of rotatable bonds is 4. The van der Waals surface area contributed by atoms with Gasteiger partial charge in [0.15, 0.2) is 0 Å². The number of pyridine rings is 1. The number of hydrogen-bond donors (Lipinski definition) is 2. The number of alkyl halides is 4. The molecule has 0 radical (unpaired) electrons. The topological polar surface area (TPSA) is 85.4 Å². The Morgan fingerprint density at radius 3 is 2.56 bits per heavy atom. The first-order valence-electron chi connectivity index (χ1n) is 4.54. The maximum Gasteiger partial charge on any atom is 0.574 e. The van der Waals surface area contributed by atoms with Gasteiger partial charge in [-0.3, -0.25) is 4.79 Å². The Morgan fingerprint density at radius 2 is 2.11 bits per heavy atom. The molecule has 0 aliphatic rings. The van der Waals surface area contributed by atoms with E-state index in [9.17, 15) is 22.4 Å². The van der Waals surface area contributed by atoms with Gasteiger partial charge < -0.3 is 15.6 Å². The third kappa shape index (κ3) is 3.75. The van der Waals surface area contributed by atoms with E-state index >= 15 is 0 Å². The molecule has 0 aliphatic heterocycles. The standard InChI is InChI=1S/C9H8F4N2O3/c10-3-6-5(14)1-4(2-7(16)17)8(15-6)18-9(11,12)13/h1H,2-3,14H2,(H,16,17). The van der Waals surface area contributed by atoms with Gasteiger partial charge in [0, 0.05) is 5.56 Å². The zero-order chi connectivity index (χ0) is 13.9. The van der Waals surface area contributed by atoms with Gasteiger partial charge in [0.1, 0.15) is 6.67 Å². The van der Waals surface area contributed by atoms with Gasteiger partial charge in [-0.05, 0) is 6.07 Å². The minimum Gasteiger partial charge on any atom is -0.481 e. The van der Waals surface area contributed by atoms with Crippen LogP contribution in [0, 0.1) is 0 Å². The summed E-state index contributed by atoms with van der Waals surface area (Å²) in [5.74, 6) is -2.40. The molecule has 0 saturated heterocycles. The van der Waals surface area contributed by atoms with Crippen LogP contribution in [-0.2, 0) is 17.9 Å². The Morgan fingerprint density at radius 1 is 1.50 bits per heavy atom. The van der Waals surface area contributed by atoms with Crippen LogP contribution in [0.2, 0.25) is 0 Å². The summed E-state index contributed by atoms with van der Waals surface area (Å²) in [7, 11) is 0. The lowest BCUT2D eigenvalue weighted by atomic mass is 10.1. The molecule has 0 bridgehead atoms. The predicted octanol–water partition coefficient (Wildman–Crippen LogP) is 1.66. The SMILES string of the molecule is Nc1cc(CC(=O)O)c(OC(F)(F)F)nc1CF. The largest absolute Gasteiger partial charge is 0.574 e. The van der Waals surface area contributed by atoms with Gasteiger partial charge in [-0.2, -0.15) is 0 Å². The summed E-state index contributed by atoms with van der Waals surface area (Å²) < 4.78 is 52.1. The van der Waals surface area contributed by atoms with Crippen LogP contribution in [-0.4, -0.2) is 22.4 Å². The van der Waals surface area contributed by atoms with Gasteiger partial charge in [0.25, 0.3) is 0 Å². The van der Waals surface area contributed by atoms with Crippen molar-refractivity contribution in [3.05, 3.63) is 17.3 Å². The van der Waals surface area contributed by atoms with Crippen LogP contribution in [0.1, 0.15) is 11.3 Å². The molecule has 0 aromatic carbocycles. The number of halogens is 4. The highest BCUT2D eigenvalue weighted by molar-refractivity contribution is 5.71. The molecule has 1 aromatic rings. The molecule has 3 N–H and O–H groups in total. The number of carboxylic acids is 1. The number of nitrogen functional groups attached to an aromatic ring is 1. The normalized spacial score (nSPS) is 11.3. The molecule has 100 valence electrons. The van der Waals surface area contributed by atoms with Crippen LogP contribution in [0.3, 0.4) is 0 Å². The number of aliphatic carboxylic acids is 1. The lowest BCUT2D eigenvalue weighted by Gasteiger charge is -2.13. The smallest absolute Gasteiger partial charge is 0.481 e. The molecule has 0 fully saturated rings. The average molecular weight is 268 g/mol. The minimum absolute atomic E-state index is 0.233. The van der Waals surface area contributed by atoms with E-state index < -0.39 is 37.0 Å². The Balaban J connectivity index is 3.21. The number of ether oxygens (including phenoxy) is 1. The summed E-state index contributed by atoms with van der Waals surface area (Å²) in [4.78, 5) is 13.7. The van der Waals surface area contributed by atoms with Crippen molar-refractivity contribution >= 4 is 11.7 Å². The molecule has 0 spiro atoms. The van der Waals surface area contributed by atoms with Crippen molar-refractivity contribution in [2.24, 2.45) is 0 Å². The van der Waals surface area contributed by atoms with Crippen molar-refractivity contribution in [3.63, 3.8) is 0 Å². The van der Waals surface area contributed by atoms with Crippen molar-refractivity contribution in [1.82, 2.24) is 4.98 Å². The fraction of sp³-hybridized carbons (Fsp3) is 0.333. The summed E-state index contributed by atoms with van der Waals surface area (Å²) in [5, 5.41) is 8.53. The van der Waals surface area contributed by atoms with E-state index in [0.717, 1.165) is 6.07 Å². The fourth-order valence-electron chi connectivity index (χ4n) is 1.19. The molecule has 0 amide bonds. The molecule has 9 heteroatoms. The number of carbonyl (C=O) groups is 1. The zero-order valence-electron chi connectivity index (χ0n) is 8.79. The van der Waals surface area contributed by atoms with Crippen LogP contribution in [0.5, 0.6) is 5.88 Å². The quantitative estimate of drug-likeness (QED) is 0.811. The lowest BCUT2D eigenvalue weighted by Crippen LogP contribution is -2.20. The monoisotopic (exact) mass is 268 g/mol. The van der Waals surface area contributed by atoms with Gasteiger partial charge in [-0.15, -0.1) is 13.2 Å². The molecule has 1 aromatic heterocycles. The molecule has 5 nitrogen and oxygen atoms in total. The second-order valence-corrected chi connectivity index (χ2v) is 3.24. The molecular formula is C9H8F4N2O3. The minimum atomic E-state index is -5.05. The van der Waals surface area contributed by atoms with E-state index in [-0.39, 0.29) is 11.3 Å². The highest BCUT2D eigenvalue weighted by Crippen LogP contribution is 2.28. The van der Waals surface area contributed by atoms with Gasteiger partial charge in [0.05, 0.1) is 17.8 Å². The van der Waals surface area contributed by atoms with Gasteiger partial charge in [-0.1, -0.05) is 0 Å². The van der Waals surface area contributed by atoms with E-state index in [2.05, 4.69) is 9.72 Å². The van der Waals surface area contributed by atoms with E-state index in [0.29, 0.717) is 0 Å². The van der Waals surface area contributed by atoms with Crippen molar-refractivity contribution < 1.29 is 32.2 Å². The predicted molar refractivity (Wildman–Crippen MR) is 51.5 cm³/mol. The molecule has 18 heavy (non-hydrogen) atoms. The highest BCUT2D eigenvalue weighted by atomic mass is 19.4. The Labute approximate surface area is 98.2 Å². The zero-order valence-corrected chi connectivity index (χ0v) is 8.79. The summed E-state index contributed by atoms with van der Waals surface area (Å²) in [5.41, 5.74) is 4.25. The van der Waals surface area contributed by atoms with Crippen molar-refractivity contribution in [2.45, 2.75) is 19.5 Å². The van der Waals surface area contributed by atoms with Crippen LogP contribution in [0.25, 0.3) is 0 Å². The number of aromatic nitrogens is 1. The Kier molecular flexibility index (Phi) is 3.94. The molecule has 0 unspecified atom stereocenters. The number of hydrogen-bond acceptors (Lipinski definition) is 4. The molecule has 0 aliphatic carbocycles. The average Bonchev–Trinajstić information content (AvgIpc) is 2.19. The Hall–Kier alpha value is -2.06. The second-order valence-electron chi connectivity index (χ2n) is 3.24. The fourth-order valence-corrected chi connectivity index (χ4v) is 1.19. The van der Waals surface area contributed by atoms with Crippen LogP contribution >= 0.6 is 0 Å². The second kappa shape index (κ2) is 5.07. The first-order chi connectivity index (χ1) is 8.23. The van der Waals surface area contributed by atoms with E-state index in [1.54, 1.807) is 0 Å². The van der Waals surface area contributed by atoms with Gasteiger partial charge >= 0.3 is 12.3 Å². The Bertz CT molecular complexity index is 462. The molecule has 1 rings (SSSR count). The van der Waals surface area contributed by atoms with Crippen LogP contribution in [0.15, 0.2) is 6.07 Å². The van der Waals surface area contributed by atoms with Crippen molar-refractivity contribution in [1.29, 1.82) is 0 Å². The van der Waals surface area contributed by atoms with E-state index in [4.69, 9.17) is 10.8 Å². The molecule has 1 heterocycles. The number of carboxylic acid groups (broad SMARTS) is 1. The highest BCUT2D eigenvalue weighted by Gasteiger charge is 2.33. The van der Waals surface area contributed by atoms with E-state index in [1.165, 1.54) is 0 Å². The molecule has 0 saturated carbocycles. The third-order valence-electron chi connectivity index (χ3n) is 1.85. The maximum atomic E-state index is 12.4. The summed E-state index contributed by atoms with van der Waals surface area (Å²) in [6.45, 7) is -1.19. The van der Waals surface area contributed by atoms with Crippen molar-refractivity contribution in [3.8, 4) is 5.88 Å². The van der Waals surface area contributed by atoms with Gasteiger partial charge in [0.2, 0.25) is 5.88 Å². The number of nitrogens with two attached hydrogens (primary N) is 1. The summed E-state index contributed by atoms with van der Waals surface area (Å²) in [6, 6.07) is 0.900. The van der Waals surface area contributed by atoms with Crippen molar-refractivity contribution in [2.75, 3.05) is 5.73 Å². The number of nitrogens with zero attached hydrogens (tertiary/aromatic N) is 1. The molecular weight excluding hydrogens is 260 g/mol. The third-order valence-corrected chi connectivity index (χ3v) is 1.85. The van der Waals surface area contributed by atoms with E-state index in [1.807, 2.05) is 0 Å². The first-order valence-corrected chi connectivity index (χ1v) is 4.54. The summed E-state index contributed by atoms with van der Waals surface area (Å²) >= 11 is 0. The van der Waals surface area contributed by atoms with Crippen LogP contribution in [0.4, 0.5) is 23.2 Å².